The number of pyridine rings is 1. The van der Waals surface area contributed by atoms with Crippen LogP contribution in [0.1, 0.15) is 5.56 Å². The molecular formula is C12H7F2N3O2S. The summed E-state index contributed by atoms with van der Waals surface area (Å²) >= 11 is 0. The van der Waals surface area contributed by atoms with E-state index in [0.717, 1.165) is 30.5 Å². The van der Waals surface area contributed by atoms with E-state index < -0.39 is 26.7 Å². The summed E-state index contributed by atoms with van der Waals surface area (Å²) < 4.78 is 52.3. The highest BCUT2D eigenvalue weighted by atomic mass is 32.2. The van der Waals surface area contributed by atoms with Crippen molar-refractivity contribution in [2.75, 3.05) is 4.72 Å². The molecule has 1 N–H and O–H groups in total. The Labute approximate surface area is 113 Å². The van der Waals surface area contributed by atoms with Crippen LogP contribution in [0.2, 0.25) is 0 Å². The van der Waals surface area contributed by atoms with E-state index in [1.54, 1.807) is 6.07 Å². The average molecular weight is 295 g/mol. The number of halogens is 2. The van der Waals surface area contributed by atoms with E-state index in [9.17, 15) is 17.2 Å². The lowest BCUT2D eigenvalue weighted by molar-refractivity contribution is 0.556. The molecule has 8 heteroatoms. The smallest absolute Gasteiger partial charge is 0.277 e. The Hall–Kier alpha value is -2.53. The van der Waals surface area contributed by atoms with Gasteiger partial charge in [-0.2, -0.15) is 13.7 Å². The van der Waals surface area contributed by atoms with E-state index in [2.05, 4.69) is 4.98 Å². The normalized spacial score (nSPS) is 10.8. The summed E-state index contributed by atoms with van der Waals surface area (Å²) in [6, 6.07) is 6.75. The van der Waals surface area contributed by atoms with E-state index in [4.69, 9.17) is 5.26 Å². The second-order valence-corrected chi connectivity index (χ2v) is 5.30. The first-order valence-corrected chi connectivity index (χ1v) is 6.75. The minimum atomic E-state index is -4.30. The Morgan fingerprint density at radius 1 is 1.25 bits per heavy atom. The summed E-state index contributed by atoms with van der Waals surface area (Å²) in [5.41, 5.74) is -0.371. The van der Waals surface area contributed by atoms with Crippen LogP contribution in [0.15, 0.2) is 41.6 Å². The molecule has 0 saturated heterocycles. The van der Waals surface area contributed by atoms with E-state index in [1.165, 1.54) is 6.07 Å². The lowest BCUT2D eigenvalue weighted by atomic mass is 10.2. The average Bonchev–Trinajstić information content (AvgIpc) is 2.41. The number of hydrogen-bond donors (Lipinski definition) is 1. The molecule has 0 aliphatic rings. The molecule has 0 saturated carbocycles. The first-order chi connectivity index (χ1) is 9.44. The number of rotatable bonds is 3. The maximum absolute atomic E-state index is 13.4. The lowest BCUT2D eigenvalue weighted by Crippen LogP contribution is -2.17. The lowest BCUT2D eigenvalue weighted by Gasteiger charge is -2.09. The Morgan fingerprint density at radius 2 is 2.00 bits per heavy atom. The zero-order chi connectivity index (χ0) is 14.8. The van der Waals surface area contributed by atoms with Gasteiger partial charge < -0.3 is 0 Å². The molecule has 0 radical (unpaired) electrons. The molecule has 1 aromatic carbocycles. The van der Waals surface area contributed by atoms with Gasteiger partial charge in [0.25, 0.3) is 10.0 Å². The molecule has 1 heterocycles. The zero-order valence-corrected chi connectivity index (χ0v) is 10.7. The minimum Gasteiger partial charge on any atom is -0.277 e. The third-order valence-corrected chi connectivity index (χ3v) is 3.62. The van der Waals surface area contributed by atoms with E-state index >= 15 is 0 Å². The van der Waals surface area contributed by atoms with Crippen molar-refractivity contribution in [2.24, 2.45) is 0 Å². The molecule has 0 bridgehead atoms. The zero-order valence-electron chi connectivity index (χ0n) is 9.84. The summed E-state index contributed by atoms with van der Waals surface area (Å²) in [5.74, 6) is -1.71. The van der Waals surface area contributed by atoms with E-state index in [0.29, 0.717) is 0 Å². The first-order valence-electron chi connectivity index (χ1n) is 5.27. The summed E-state index contributed by atoms with van der Waals surface area (Å²) in [7, 11) is -4.30. The summed E-state index contributed by atoms with van der Waals surface area (Å²) in [5, 5.41) is 8.03. The topological polar surface area (TPSA) is 82.9 Å². The van der Waals surface area contributed by atoms with Gasteiger partial charge in [-0.05, 0) is 30.3 Å². The van der Waals surface area contributed by atoms with Crippen molar-refractivity contribution in [1.82, 2.24) is 4.98 Å². The summed E-state index contributed by atoms with van der Waals surface area (Å²) in [6.07, 6.45) is 1.12. The fraction of sp³-hybridized carbons (Fsp3) is 0. The van der Waals surface area contributed by atoms with Crippen LogP contribution >= 0.6 is 0 Å². The third kappa shape index (κ3) is 2.73. The van der Waals surface area contributed by atoms with E-state index in [1.807, 2.05) is 4.72 Å². The van der Waals surface area contributed by atoms with Crippen molar-refractivity contribution in [2.45, 2.75) is 5.03 Å². The monoisotopic (exact) mass is 295 g/mol. The van der Waals surface area contributed by atoms with Crippen LogP contribution in [-0.4, -0.2) is 13.4 Å². The summed E-state index contributed by atoms with van der Waals surface area (Å²) in [4.78, 5) is 3.44. The van der Waals surface area contributed by atoms with Crippen molar-refractivity contribution in [3.05, 3.63) is 53.7 Å². The van der Waals surface area contributed by atoms with Crippen molar-refractivity contribution in [3.63, 3.8) is 0 Å². The molecule has 0 atom stereocenters. The van der Waals surface area contributed by atoms with Crippen molar-refractivity contribution >= 4 is 15.7 Å². The Balaban J connectivity index is 2.45. The van der Waals surface area contributed by atoms with Gasteiger partial charge in [0.05, 0.1) is 11.3 Å². The molecule has 102 valence electrons. The van der Waals surface area contributed by atoms with Gasteiger partial charge in [-0.25, -0.2) is 13.8 Å². The van der Waals surface area contributed by atoms with Gasteiger partial charge in [0.15, 0.2) is 5.82 Å². The first kappa shape index (κ1) is 13.9. The van der Waals surface area contributed by atoms with Crippen molar-refractivity contribution < 1.29 is 17.2 Å². The number of aromatic nitrogens is 1. The molecule has 2 rings (SSSR count). The standard InChI is InChI=1S/C12H7F2N3O2S/c13-9-3-4-11(8(6-9)7-15)17-20(18,19)12-10(14)2-1-5-16-12/h1-6,17H. The van der Waals surface area contributed by atoms with Gasteiger partial charge in [-0.15, -0.1) is 0 Å². The highest BCUT2D eigenvalue weighted by Crippen LogP contribution is 2.20. The fourth-order valence-corrected chi connectivity index (χ4v) is 2.55. The molecule has 0 fully saturated rings. The number of nitriles is 1. The SMILES string of the molecule is N#Cc1cc(F)ccc1NS(=O)(=O)c1ncccc1F. The Kier molecular flexibility index (Phi) is 3.63. The number of nitrogens with one attached hydrogen (secondary N) is 1. The largest absolute Gasteiger partial charge is 0.282 e. The van der Waals surface area contributed by atoms with Gasteiger partial charge in [0, 0.05) is 6.20 Å². The minimum absolute atomic E-state index is 0.154. The number of sulfonamides is 1. The number of nitrogens with zero attached hydrogens (tertiary/aromatic N) is 2. The number of benzene rings is 1. The van der Waals surface area contributed by atoms with Crippen LogP contribution in [0, 0.1) is 23.0 Å². The molecule has 0 aliphatic heterocycles. The molecule has 0 unspecified atom stereocenters. The van der Waals surface area contributed by atoms with Gasteiger partial charge in [0.2, 0.25) is 5.03 Å². The van der Waals surface area contributed by atoms with E-state index in [-0.39, 0.29) is 11.3 Å². The van der Waals surface area contributed by atoms with Crippen LogP contribution < -0.4 is 4.72 Å². The van der Waals surface area contributed by atoms with Crippen LogP contribution in [0.5, 0.6) is 0 Å². The molecule has 1 aromatic heterocycles. The van der Waals surface area contributed by atoms with Gasteiger partial charge >= 0.3 is 0 Å². The maximum atomic E-state index is 13.4. The second kappa shape index (κ2) is 5.22. The maximum Gasteiger partial charge on any atom is 0.282 e. The van der Waals surface area contributed by atoms with Crippen LogP contribution in [0.4, 0.5) is 14.5 Å². The summed E-state index contributed by atoms with van der Waals surface area (Å²) in [6.45, 7) is 0. The Bertz CT molecular complexity index is 801. The number of anilines is 1. The molecule has 0 aliphatic carbocycles. The Morgan fingerprint density at radius 3 is 2.65 bits per heavy atom. The van der Waals surface area contributed by atoms with Crippen LogP contribution in [0.3, 0.4) is 0 Å². The highest BCUT2D eigenvalue weighted by molar-refractivity contribution is 7.92. The van der Waals surface area contributed by atoms with Crippen LogP contribution in [0.25, 0.3) is 0 Å². The molecule has 0 amide bonds. The van der Waals surface area contributed by atoms with Gasteiger partial charge in [-0.1, -0.05) is 0 Å². The molecule has 2 aromatic rings. The second-order valence-electron chi connectivity index (χ2n) is 3.70. The third-order valence-electron chi connectivity index (χ3n) is 2.33. The predicted molar refractivity (Wildman–Crippen MR) is 66.1 cm³/mol. The molecule has 20 heavy (non-hydrogen) atoms. The molecule has 5 nitrogen and oxygen atoms in total. The molecule has 0 spiro atoms. The van der Waals surface area contributed by atoms with Crippen LogP contribution in [-0.2, 0) is 10.0 Å². The highest BCUT2D eigenvalue weighted by Gasteiger charge is 2.21. The van der Waals surface area contributed by atoms with Crippen molar-refractivity contribution in [3.8, 4) is 6.07 Å². The number of hydrogen-bond acceptors (Lipinski definition) is 4. The fourth-order valence-electron chi connectivity index (χ4n) is 1.46. The van der Waals surface area contributed by atoms with Crippen molar-refractivity contribution in [1.29, 1.82) is 5.26 Å². The van der Waals surface area contributed by atoms with Gasteiger partial charge in [-0.3, -0.25) is 4.72 Å². The predicted octanol–water partition coefficient (Wildman–Crippen LogP) is 2.03. The quantitative estimate of drug-likeness (QED) is 0.939. The molecular weight excluding hydrogens is 288 g/mol. The van der Waals surface area contributed by atoms with Gasteiger partial charge in [0.1, 0.15) is 11.9 Å².